The van der Waals surface area contributed by atoms with Crippen molar-refractivity contribution in [2.45, 2.75) is 0 Å². The van der Waals surface area contributed by atoms with Crippen molar-refractivity contribution in [3.63, 3.8) is 0 Å². The lowest BCUT2D eigenvalue weighted by Crippen LogP contribution is -2.11. The number of carbonyl (C=O) groups excluding carboxylic acids is 1. The lowest BCUT2D eigenvalue weighted by atomic mass is 10.0. The average molecular weight is 186 g/mol. The molecule has 0 aliphatic heterocycles. The number of hydrogen-bond donors (Lipinski definition) is 1. The zero-order valence-corrected chi connectivity index (χ0v) is 7.36. The normalized spacial score (nSPS) is 10.3. The van der Waals surface area contributed by atoms with Gasteiger partial charge in [0.1, 0.15) is 0 Å². The van der Waals surface area contributed by atoms with Crippen LogP contribution in [-0.4, -0.2) is 5.91 Å². The molecule has 0 saturated heterocycles. The minimum absolute atomic E-state index is 0.0723. The van der Waals surface area contributed by atoms with Gasteiger partial charge in [-0.2, -0.15) is 0 Å². The quantitative estimate of drug-likeness (QED) is 0.728. The van der Waals surface area contributed by atoms with Crippen molar-refractivity contribution in [1.29, 1.82) is 0 Å². The van der Waals surface area contributed by atoms with E-state index in [0.717, 1.165) is 5.39 Å². The summed E-state index contributed by atoms with van der Waals surface area (Å²) in [5.41, 5.74) is 5.21. The molecule has 0 bridgehead atoms. The van der Waals surface area contributed by atoms with E-state index < -0.39 is 5.91 Å². The van der Waals surface area contributed by atoms with Crippen LogP contribution in [0.5, 0.6) is 5.75 Å². The Morgan fingerprint density at radius 1 is 1.07 bits per heavy atom. The van der Waals surface area contributed by atoms with Crippen LogP contribution in [0.15, 0.2) is 36.4 Å². The van der Waals surface area contributed by atoms with Crippen molar-refractivity contribution >= 4 is 16.7 Å². The molecule has 1 radical (unpaired) electrons. The van der Waals surface area contributed by atoms with Gasteiger partial charge in [0.25, 0.3) is 5.91 Å². The maximum Gasteiger partial charge on any atom is 0.253 e. The number of amides is 1. The van der Waals surface area contributed by atoms with Crippen LogP contribution in [0.2, 0.25) is 0 Å². The molecule has 2 aromatic rings. The van der Waals surface area contributed by atoms with Crippen LogP contribution >= 0.6 is 0 Å². The van der Waals surface area contributed by atoms with Gasteiger partial charge in [-0.3, -0.25) is 9.90 Å². The Hall–Kier alpha value is -2.03. The highest BCUT2D eigenvalue weighted by molar-refractivity contribution is 6.08. The summed E-state index contributed by atoms with van der Waals surface area (Å²) >= 11 is 0. The third kappa shape index (κ3) is 1.19. The summed E-state index contributed by atoms with van der Waals surface area (Å²) < 4.78 is 0. The van der Waals surface area contributed by atoms with Gasteiger partial charge in [-0.1, -0.05) is 30.3 Å². The molecule has 0 fully saturated rings. The Kier molecular flexibility index (Phi) is 1.85. The van der Waals surface area contributed by atoms with Crippen molar-refractivity contribution in [2.24, 2.45) is 5.73 Å². The molecular formula is C11H8NO2. The molecule has 0 aromatic heterocycles. The second-order valence-electron chi connectivity index (χ2n) is 3.02. The molecule has 3 nitrogen and oxygen atoms in total. The minimum Gasteiger partial charge on any atom is -0.365 e. The molecule has 2 N–H and O–H groups in total. The summed E-state index contributed by atoms with van der Waals surface area (Å²) in [4.78, 5) is 11.1. The average Bonchev–Trinajstić information content (AvgIpc) is 2.17. The molecular weight excluding hydrogens is 178 g/mol. The van der Waals surface area contributed by atoms with Gasteiger partial charge < -0.3 is 5.73 Å². The molecule has 0 aliphatic carbocycles. The first kappa shape index (κ1) is 8.56. The first-order valence-electron chi connectivity index (χ1n) is 4.18. The Balaban J connectivity index is 2.90. The Bertz CT molecular complexity index is 506. The van der Waals surface area contributed by atoms with Gasteiger partial charge in [0.05, 0.1) is 5.56 Å². The summed E-state index contributed by atoms with van der Waals surface area (Å²) in [6, 6.07) is 10.2. The summed E-state index contributed by atoms with van der Waals surface area (Å²) in [5, 5.41) is 12.8. The third-order valence-electron chi connectivity index (χ3n) is 2.14. The number of hydrogen-bond acceptors (Lipinski definition) is 1. The van der Waals surface area contributed by atoms with E-state index in [1.54, 1.807) is 18.2 Å². The predicted octanol–water partition coefficient (Wildman–Crippen LogP) is 2.08. The maximum atomic E-state index is 11.4. The molecule has 2 rings (SSSR count). The van der Waals surface area contributed by atoms with Crippen molar-refractivity contribution in [3.05, 3.63) is 42.0 Å². The predicted molar refractivity (Wildman–Crippen MR) is 52.6 cm³/mol. The first-order valence-corrected chi connectivity index (χ1v) is 4.18. The Morgan fingerprint density at radius 2 is 1.79 bits per heavy atom. The molecule has 0 unspecified atom stereocenters. The Morgan fingerprint density at radius 3 is 2.50 bits per heavy atom. The largest absolute Gasteiger partial charge is 0.365 e. The summed E-state index contributed by atoms with van der Waals surface area (Å²) in [7, 11) is 0. The number of carbonyl (C=O) groups is 1. The topological polar surface area (TPSA) is 63.0 Å². The highest BCUT2D eigenvalue weighted by atomic mass is 16.3. The molecule has 0 heterocycles. The van der Waals surface area contributed by atoms with Crippen molar-refractivity contribution in [2.75, 3.05) is 0 Å². The van der Waals surface area contributed by atoms with Gasteiger partial charge in [0.2, 0.25) is 0 Å². The van der Waals surface area contributed by atoms with E-state index in [4.69, 9.17) is 5.73 Å². The van der Waals surface area contributed by atoms with E-state index in [9.17, 15) is 9.90 Å². The molecule has 2 aromatic carbocycles. The van der Waals surface area contributed by atoms with Crippen molar-refractivity contribution in [3.8, 4) is 5.75 Å². The summed E-state index contributed by atoms with van der Waals surface area (Å²) in [5.74, 6) is -0.997. The summed E-state index contributed by atoms with van der Waals surface area (Å²) in [6.07, 6.45) is 0. The lowest BCUT2D eigenvalue weighted by molar-refractivity contribution is 0.0998. The molecule has 0 atom stereocenters. The number of benzene rings is 2. The van der Waals surface area contributed by atoms with E-state index in [2.05, 4.69) is 0 Å². The van der Waals surface area contributed by atoms with Gasteiger partial charge in [-0.15, -0.1) is 0 Å². The van der Waals surface area contributed by atoms with Crippen LogP contribution in [0.3, 0.4) is 0 Å². The van der Waals surface area contributed by atoms with Gasteiger partial charge in [0, 0.05) is 0 Å². The second-order valence-corrected chi connectivity index (χ2v) is 3.02. The monoisotopic (exact) mass is 186 g/mol. The highest BCUT2D eigenvalue weighted by Crippen LogP contribution is 2.26. The van der Waals surface area contributed by atoms with Crippen LogP contribution in [-0.2, 0) is 5.11 Å². The molecule has 69 valence electrons. The Labute approximate surface area is 80.8 Å². The van der Waals surface area contributed by atoms with E-state index in [0.29, 0.717) is 5.39 Å². The van der Waals surface area contributed by atoms with E-state index in [-0.39, 0.29) is 11.3 Å². The fraction of sp³-hybridized carbons (Fsp3) is 0. The maximum absolute atomic E-state index is 11.4. The van der Waals surface area contributed by atoms with Crippen LogP contribution in [0.4, 0.5) is 0 Å². The molecule has 1 amide bonds. The molecule has 0 saturated carbocycles. The van der Waals surface area contributed by atoms with Crippen LogP contribution in [0, 0.1) is 0 Å². The van der Waals surface area contributed by atoms with Crippen LogP contribution in [0.1, 0.15) is 10.4 Å². The third-order valence-corrected chi connectivity index (χ3v) is 2.14. The SMILES string of the molecule is NC(=O)c1c([O])ccc2ccccc12. The minimum atomic E-state index is -0.674. The van der Waals surface area contributed by atoms with E-state index in [1.807, 2.05) is 12.1 Å². The lowest BCUT2D eigenvalue weighted by Gasteiger charge is -2.02. The van der Waals surface area contributed by atoms with E-state index in [1.165, 1.54) is 6.07 Å². The summed E-state index contributed by atoms with van der Waals surface area (Å²) in [6.45, 7) is 0. The van der Waals surface area contributed by atoms with Gasteiger partial charge in [0.15, 0.2) is 5.75 Å². The molecule has 14 heavy (non-hydrogen) atoms. The highest BCUT2D eigenvalue weighted by Gasteiger charge is 2.12. The number of fused-ring (bicyclic) bond motifs is 1. The van der Waals surface area contributed by atoms with Gasteiger partial charge >= 0.3 is 0 Å². The fourth-order valence-electron chi connectivity index (χ4n) is 1.51. The van der Waals surface area contributed by atoms with Crippen molar-refractivity contribution in [1.82, 2.24) is 0 Å². The van der Waals surface area contributed by atoms with Crippen LogP contribution < -0.4 is 5.73 Å². The van der Waals surface area contributed by atoms with Crippen LogP contribution in [0.25, 0.3) is 10.8 Å². The van der Waals surface area contributed by atoms with Gasteiger partial charge in [-0.05, 0) is 16.8 Å². The molecule has 0 aliphatic rings. The number of primary amides is 1. The number of rotatable bonds is 1. The second kappa shape index (κ2) is 3.03. The molecule has 0 spiro atoms. The molecule has 3 heteroatoms. The number of nitrogens with two attached hydrogens (primary N) is 1. The zero-order chi connectivity index (χ0) is 10.1. The van der Waals surface area contributed by atoms with Gasteiger partial charge in [-0.25, -0.2) is 0 Å². The standard InChI is InChI=1S/C11H8NO2/c12-11(14)10-8-4-2-1-3-7(8)5-6-9(10)13/h1-6H,(H2,12,14). The fourth-order valence-corrected chi connectivity index (χ4v) is 1.51. The van der Waals surface area contributed by atoms with Crippen molar-refractivity contribution < 1.29 is 9.90 Å². The zero-order valence-electron chi connectivity index (χ0n) is 7.36. The first-order chi connectivity index (χ1) is 6.70. The van der Waals surface area contributed by atoms with E-state index >= 15 is 0 Å². The smallest absolute Gasteiger partial charge is 0.253 e.